The Labute approximate surface area is 173 Å². The summed E-state index contributed by atoms with van der Waals surface area (Å²) in [5.74, 6) is -1.08. The lowest BCUT2D eigenvalue weighted by Crippen LogP contribution is -2.29. The maximum absolute atomic E-state index is 12.3. The van der Waals surface area contributed by atoms with Gasteiger partial charge in [-0.25, -0.2) is 4.79 Å². The molecule has 0 saturated carbocycles. The average molecular weight is 404 g/mol. The van der Waals surface area contributed by atoms with Crippen LogP contribution in [-0.4, -0.2) is 24.4 Å². The molecule has 0 aliphatic heterocycles. The molecule has 0 atom stereocenters. The van der Waals surface area contributed by atoms with Gasteiger partial charge in [0.25, 0.3) is 0 Å². The lowest BCUT2D eigenvalue weighted by Gasteiger charge is -2.11. The number of esters is 1. The molecule has 0 aliphatic rings. The van der Waals surface area contributed by atoms with E-state index in [1.165, 1.54) is 12.1 Å². The molecule has 0 radical (unpaired) electrons. The van der Waals surface area contributed by atoms with Gasteiger partial charge in [-0.2, -0.15) is 0 Å². The molecule has 3 rings (SSSR count). The van der Waals surface area contributed by atoms with Crippen LogP contribution in [0.3, 0.4) is 0 Å². The van der Waals surface area contributed by atoms with Crippen LogP contribution in [0.2, 0.25) is 0 Å². The highest BCUT2D eigenvalue weighted by molar-refractivity contribution is 6.43. The van der Waals surface area contributed by atoms with Gasteiger partial charge in [0, 0.05) is 5.69 Å². The fourth-order valence-corrected chi connectivity index (χ4v) is 2.58. The summed E-state index contributed by atoms with van der Waals surface area (Å²) in [5, 5.41) is 4.94. The molecule has 152 valence electrons. The second-order valence-electron chi connectivity index (χ2n) is 6.11. The monoisotopic (exact) mass is 404 g/mol. The van der Waals surface area contributed by atoms with E-state index >= 15 is 0 Å². The molecular weight excluding hydrogens is 384 g/mol. The molecule has 3 aromatic carbocycles. The zero-order chi connectivity index (χ0) is 21.3. The summed E-state index contributed by atoms with van der Waals surface area (Å²) < 4.78 is 10.6. The van der Waals surface area contributed by atoms with Gasteiger partial charge in [0.05, 0.1) is 17.9 Å². The summed E-state index contributed by atoms with van der Waals surface area (Å²) in [6, 6.07) is 22.2. The Bertz CT molecular complexity index is 1030. The van der Waals surface area contributed by atoms with Gasteiger partial charge in [-0.3, -0.25) is 9.59 Å². The molecule has 7 heteroatoms. The van der Waals surface area contributed by atoms with E-state index in [0.717, 1.165) is 0 Å². The molecule has 0 aromatic heterocycles. The minimum atomic E-state index is -0.906. The Hall–Kier alpha value is -4.13. The van der Waals surface area contributed by atoms with Gasteiger partial charge < -0.3 is 20.1 Å². The Morgan fingerprint density at radius 3 is 2.03 bits per heavy atom. The standard InChI is InChI=1S/C23H20N2O5/c1-2-29-23(28)19-10-6-7-11-20(19)25-22(27)21(26)24-16-12-14-18(15-13-16)30-17-8-4-3-5-9-17/h3-15H,2H2,1H3,(H,24,26)(H,25,27). The molecule has 7 nitrogen and oxygen atoms in total. The number of carbonyl (C=O) groups excluding carboxylic acids is 3. The van der Waals surface area contributed by atoms with E-state index in [2.05, 4.69) is 10.6 Å². The molecule has 2 amide bonds. The summed E-state index contributed by atoms with van der Waals surface area (Å²) in [7, 11) is 0. The number of nitrogens with one attached hydrogen (secondary N) is 2. The van der Waals surface area contributed by atoms with Crippen LogP contribution in [0.1, 0.15) is 17.3 Å². The number of hydrogen-bond acceptors (Lipinski definition) is 5. The number of para-hydroxylation sites is 2. The molecule has 3 aromatic rings. The highest BCUT2D eigenvalue weighted by Gasteiger charge is 2.18. The molecule has 0 heterocycles. The molecular formula is C23H20N2O5. The van der Waals surface area contributed by atoms with Crippen LogP contribution < -0.4 is 15.4 Å². The van der Waals surface area contributed by atoms with Crippen molar-refractivity contribution in [2.24, 2.45) is 0 Å². The fraction of sp³-hybridized carbons (Fsp3) is 0.0870. The molecule has 0 fully saturated rings. The van der Waals surface area contributed by atoms with E-state index in [4.69, 9.17) is 9.47 Å². The third-order valence-electron chi connectivity index (χ3n) is 3.97. The van der Waals surface area contributed by atoms with E-state index < -0.39 is 17.8 Å². The number of anilines is 2. The molecule has 0 bridgehead atoms. The summed E-state index contributed by atoms with van der Waals surface area (Å²) in [4.78, 5) is 36.5. The highest BCUT2D eigenvalue weighted by atomic mass is 16.5. The topological polar surface area (TPSA) is 93.7 Å². The van der Waals surface area contributed by atoms with Gasteiger partial charge in [0.1, 0.15) is 11.5 Å². The van der Waals surface area contributed by atoms with Crippen molar-refractivity contribution in [3.63, 3.8) is 0 Å². The predicted octanol–water partition coefficient (Wildman–Crippen LogP) is 4.23. The van der Waals surface area contributed by atoms with Gasteiger partial charge in [-0.05, 0) is 55.5 Å². The number of hydrogen-bond donors (Lipinski definition) is 2. The van der Waals surface area contributed by atoms with E-state index in [0.29, 0.717) is 17.2 Å². The maximum atomic E-state index is 12.3. The zero-order valence-corrected chi connectivity index (χ0v) is 16.3. The fourth-order valence-electron chi connectivity index (χ4n) is 2.58. The Balaban J connectivity index is 1.61. The summed E-state index contributed by atoms with van der Waals surface area (Å²) in [5.41, 5.74) is 0.792. The van der Waals surface area contributed by atoms with E-state index in [9.17, 15) is 14.4 Å². The predicted molar refractivity (Wildman–Crippen MR) is 113 cm³/mol. The first-order chi connectivity index (χ1) is 14.6. The van der Waals surface area contributed by atoms with Gasteiger partial charge >= 0.3 is 17.8 Å². The zero-order valence-electron chi connectivity index (χ0n) is 16.3. The minimum Gasteiger partial charge on any atom is -0.462 e. The summed E-state index contributed by atoms with van der Waals surface area (Å²) in [6.45, 7) is 1.88. The van der Waals surface area contributed by atoms with Crippen molar-refractivity contribution < 1.29 is 23.9 Å². The first-order valence-corrected chi connectivity index (χ1v) is 9.28. The average Bonchev–Trinajstić information content (AvgIpc) is 2.76. The van der Waals surface area contributed by atoms with Crippen molar-refractivity contribution in [3.05, 3.63) is 84.4 Å². The lowest BCUT2D eigenvalue weighted by molar-refractivity contribution is -0.133. The molecule has 0 saturated heterocycles. The second kappa shape index (κ2) is 9.88. The quantitative estimate of drug-likeness (QED) is 0.474. The van der Waals surface area contributed by atoms with Gasteiger partial charge in [-0.15, -0.1) is 0 Å². The molecule has 0 spiro atoms. The van der Waals surface area contributed by atoms with Crippen LogP contribution in [0.4, 0.5) is 11.4 Å². The normalized spacial score (nSPS) is 10.0. The van der Waals surface area contributed by atoms with Crippen LogP contribution in [-0.2, 0) is 14.3 Å². The highest BCUT2D eigenvalue weighted by Crippen LogP contribution is 2.22. The first kappa shape index (κ1) is 20.6. The van der Waals surface area contributed by atoms with Crippen molar-refractivity contribution in [2.45, 2.75) is 6.92 Å². The van der Waals surface area contributed by atoms with Crippen molar-refractivity contribution in [3.8, 4) is 11.5 Å². The SMILES string of the molecule is CCOC(=O)c1ccccc1NC(=O)C(=O)Nc1ccc(Oc2ccccc2)cc1. The van der Waals surface area contributed by atoms with Crippen molar-refractivity contribution in [1.82, 2.24) is 0 Å². The maximum Gasteiger partial charge on any atom is 0.340 e. The van der Waals surface area contributed by atoms with Gasteiger partial charge in [0.15, 0.2) is 0 Å². The molecule has 0 unspecified atom stereocenters. The van der Waals surface area contributed by atoms with E-state index in [1.54, 1.807) is 43.3 Å². The number of rotatable bonds is 6. The number of carbonyl (C=O) groups is 3. The minimum absolute atomic E-state index is 0.169. The lowest BCUT2D eigenvalue weighted by atomic mass is 10.2. The molecule has 0 aliphatic carbocycles. The first-order valence-electron chi connectivity index (χ1n) is 9.28. The van der Waals surface area contributed by atoms with Crippen LogP contribution in [0.5, 0.6) is 11.5 Å². The summed E-state index contributed by atoms with van der Waals surface area (Å²) in [6.07, 6.45) is 0. The van der Waals surface area contributed by atoms with Crippen LogP contribution in [0, 0.1) is 0 Å². The van der Waals surface area contributed by atoms with Gasteiger partial charge in [-0.1, -0.05) is 30.3 Å². The van der Waals surface area contributed by atoms with E-state index in [1.807, 2.05) is 30.3 Å². The smallest absolute Gasteiger partial charge is 0.340 e. The molecule has 2 N–H and O–H groups in total. The number of benzene rings is 3. The van der Waals surface area contributed by atoms with E-state index in [-0.39, 0.29) is 17.9 Å². The number of ether oxygens (including phenoxy) is 2. The van der Waals surface area contributed by atoms with Crippen LogP contribution >= 0.6 is 0 Å². The largest absolute Gasteiger partial charge is 0.462 e. The molecule has 30 heavy (non-hydrogen) atoms. The van der Waals surface area contributed by atoms with Crippen molar-refractivity contribution in [2.75, 3.05) is 17.2 Å². The van der Waals surface area contributed by atoms with Gasteiger partial charge in [0.2, 0.25) is 0 Å². The second-order valence-corrected chi connectivity index (χ2v) is 6.11. The van der Waals surface area contributed by atoms with Crippen LogP contribution in [0.15, 0.2) is 78.9 Å². The number of amides is 2. The third-order valence-corrected chi connectivity index (χ3v) is 3.97. The van der Waals surface area contributed by atoms with Crippen LogP contribution in [0.25, 0.3) is 0 Å². The Morgan fingerprint density at radius 2 is 1.33 bits per heavy atom. The van der Waals surface area contributed by atoms with Crippen molar-refractivity contribution in [1.29, 1.82) is 0 Å². The summed E-state index contributed by atoms with van der Waals surface area (Å²) >= 11 is 0. The third kappa shape index (κ3) is 5.45. The van der Waals surface area contributed by atoms with Crippen molar-refractivity contribution >= 4 is 29.2 Å². The Morgan fingerprint density at radius 1 is 0.733 bits per heavy atom. The Kier molecular flexibility index (Phi) is 6.78.